The van der Waals surface area contributed by atoms with Crippen molar-refractivity contribution in [2.75, 3.05) is 19.6 Å². The van der Waals surface area contributed by atoms with Gasteiger partial charge in [0.1, 0.15) is 0 Å². The fourth-order valence-corrected chi connectivity index (χ4v) is 3.31. The van der Waals surface area contributed by atoms with E-state index in [2.05, 4.69) is 35.5 Å². The largest absolute Gasteiger partial charge is 0.315 e. The van der Waals surface area contributed by atoms with Crippen molar-refractivity contribution in [2.45, 2.75) is 39.3 Å². The maximum Gasteiger partial charge on any atom is 0.0334 e. The molecule has 1 aliphatic rings. The maximum absolute atomic E-state index is 3.47. The zero-order valence-corrected chi connectivity index (χ0v) is 11.1. The molecule has 0 bridgehead atoms. The van der Waals surface area contributed by atoms with E-state index in [0.717, 1.165) is 12.6 Å². The van der Waals surface area contributed by atoms with Crippen molar-refractivity contribution in [1.82, 2.24) is 10.2 Å². The summed E-state index contributed by atoms with van der Waals surface area (Å²) in [5.41, 5.74) is 1.46. The number of rotatable bonds is 5. The molecule has 0 spiro atoms. The first-order valence-electron chi connectivity index (χ1n) is 6.29. The van der Waals surface area contributed by atoms with Crippen molar-refractivity contribution in [3.63, 3.8) is 0 Å². The molecule has 1 saturated heterocycles. The second kappa shape index (κ2) is 5.80. The first-order valence-corrected chi connectivity index (χ1v) is 7.17. The topological polar surface area (TPSA) is 15.3 Å². The summed E-state index contributed by atoms with van der Waals surface area (Å²) in [6.07, 6.45) is 2.56. The van der Waals surface area contributed by atoms with Gasteiger partial charge in [0.05, 0.1) is 0 Å². The Kier molecular flexibility index (Phi) is 4.38. The van der Waals surface area contributed by atoms with Crippen LogP contribution in [0.3, 0.4) is 0 Å². The molecule has 0 radical (unpaired) electrons. The van der Waals surface area contributed by atoms with Crippen molar-refractivity contribution in [3.05, 3.63) is 21.9 Å². The lowest BCUT2D eigenvalue weighted by molar-refractivity contribution is 0.201. The molecule has 2 heterocycles. The van der Waals surface area contributed by atoms with Crippen molar-refractivity contribution < 1.29 is 0 Å². The molecule has 1 fully saturated rings. The molecule has 3 heteroatoms. The predicted octanol–water partition coefficient (Wildman–Crippen LogP) is 2.63. The summed E-state index contributed by atoms with van der Waals surface area (Å²) in [5, 5.41) is 5.68. The molecule has 1 aromatic rings. The Morgan fingerprint density at radius 3 is 3.00 bits per heavy atom. The molecule has 0 aliphatic carbocycles. The highest BCUT2D eigenvalue weighted by atomic mass is 32.1. The summed E-state index contributed by atoms with van der Waals surface area (Å²) in [4.78, 5) is 4.19. The number of aryl methyl sites for hydroxylation is 1. The Morgan fingerprint density at radius 1 is 1.56 bits per heavy atom. The van der Waals surface area contributed by atoms with E-state index >= 15 is 0 Å². The third-order valence-electron chi connectivity index (χ3n) is 3.38. The molecule has 2 nitrogen and oxygen atoms in total. The van der Waals surface area contributed by atoms with E-state index in [9.17, 15) is 0 Å². The average Bonchev–Trinajstić information content (AvgIpc) is 2.90. The maximum atomic E-state index is 3.47. The van der Waals surface area contributed by atoms with Crippen molar-refractivity contribution in [3.8, 4) is 0 Å². The SMILES string of the molecule is CCCN(Cc1sccc1C)C1CCNC1. The Morgan fingerprint density at radius 2 is 2.44 bits per heavy atom. The molecule has 90 valence electrons. The van der Waals surface area contributed by atoms with Gasteiger partial charge in [-0.05, 0) is 49.9 Å². The molecular formula is C13H22N2S. The summed E-state index contributed by atoms with van der Waals surface area (Å²) in [7, 11) is 0. The smallest absolute Gasteiger partial charge is 0.0334 e. The van der Waals surface area contributed by atoms with Crippen molar-refractivity contribution in [2.24, 2.45) is 0 Å². The molecule has 0 aromatic carbocycles. The molecule has 2 rings (SSSR count). The number of hydrogen-bond donors (Lipinski definition) is 1. The Hall–Kier alpha value is -0.380. The lowest BCUT2D eigenvalue weighted by Gasteiger charge is -2.27. The molecule has 1 N–H and O–H groups in total. The van der Waals surface area contributed by atoms with Gasteiger partial charge in [0.2, 0.25) is 0 Å². The van der Waals surface area contributed by atoms with Crippen LogP contribution in [0.4, 0.5) is 0 Å². The normalized spacial score (nSPS) is 20.8. The second-order valence-corrected chi connectivity index (χ2v) is 5.64. The van der Waals surface area contributed by atoms with Crippen LogP contribution in [0.1, 0.15) is 30.2 Å². The minimum absolute atomic E-state index is 0.751. The van der Waals surface area contributed by atoms with Crippen LogP contribution < -0.4 is 5.32 Å². The van der Waals surface area contributed by atoms with Gasteiger partial charge in [0.15, 0.2) is 0 Å². The van der Waals surface area contributed by atoms with Crippen LogP contribution >= 0.6 is 11.3 Å². The van der Waals surface area contributed by atoms with Gasteiger partial charge in [-0.15, -0.1) is 11.3 Å². The Balaban J connectivity index is 1.99. The van der Waals surface area contributed by atoms with Crippen LogP contribution in [0.25, 0.3) is 0 Å². The van der Waals surface area contributed by atoms with Crippen LogP contribution in [0.5, 0.6) is 0 Å². The van der Waals surface area contributed by atoms with Gasteiger partial charge in [0.25, 0.3) is 0 Å². The van der Waals surface area contributed by atoms with E-state index in [1.165, 1.54) is 38.0 Å². The van der Waals surface area contributed by atoms with Gasteiger partial charge in [0, 0.05) is 24.0 Å². The zero-order chi connectivity index (χ0) is 11.4. The summed E-state index contributed by atoms with van der Waals surface area (Å²) in [6, 6.07) is 2.98. The lowest BCUT2D eigenvalue weighted by Crippen LogP contribution is -2.36. The summed E-state index contributed by atoms with van der Waals surface area (Å²) in [6.45, 7) is 9.23. The minimum atomic E-state index is 0.751. The van der Waals surface area contributed by atoms with E-state index in [1.54, 1.807) is 4.88 Å². The standard InChI is InChI=1S/C13H22N2S/c1-3-7-15(12-4-6-14-9-12)10-13-11(2)5-8-16-13/h5,8,12,14H,3-4,6-7,9-10H2,1-2H3. The molecule has 0 saturated carbocycles. The van der Waals surface area contributed by atoms with E-state index in [4.69, 9.17) is 0 Å². The fourth-order valence-electron chi connectivity index (χ4n) is 2.38. The Bertz CT molecular complexity index is 315. The molecule has 1 atom stereocenters. The van der Waals surface area contributed by atoms with E-state index in [-0.39, 0.29) is 0 Å². The van der Waals surface area contributed by atoms with Crippen LogP contribution in [0.15, 0.2) is 11.4 Å². The van der Waals surface area contributed by atoms with E-state index < -0.39 is 0 Å². The van der Waals surface area contributed by atoms with Crippen LogP contribution in [0, 0.1) is 6.92 Å². The molecule has 1 aliphatic heterocycles. The van der Waals surface area contributed by atoms with Gasteiger partial charge >= 0.3 is 0 Å². The monoisotopic (exact) mass is 238 g/mol. The Labute approximate surface area is 103 Å². The molecule has 1 aromatic heterocycles. The van der Waals surface area contributed by atoms with Crippen LogP contribution in [-0.4, -0.2) is 30.6 Å². The summed E-state index contributed by atoms with van der Waals surface area (Å²) < 4.78 is 0. The van der Waals surface area contributed by atoms with Gasteiger partial charge in [-0.2, -0.15) is 0 Å². The lowest BCUT2D eigenvalue weighted by atomic mass is 10.2. The first kappa shape index (κ1) is 12.1. The summed E-state index contributed by atoms with van der Waals surface area (Å²) in [5.74, 6) is 0. The summed E-state index contributed by atoms with van der Waals surface area (Å²) >= 11 is 1.90. The third-order valence-corrected chi connectivity index (χ3v) is 4.38. The van der Waals surface area contributed by atoms with Crippen molar-refractivity contribution >= 4 is 11.3 Å². The highest BCUT2D eigenvalue weighted by Crippen LogP contribution is 2.20. The quantitative estimate of drug-likeness (QED) is 0.848. The fraction of sp³-hybridized carbons (Fsp3) is 0.692. The average molecular weight is 238 g/mol. The van der Waals surface area contributed by atoms with Crippen LogP contribution in [-0.2, 0) is 6.54 Å². The molecular weight excluding hydrogens is 216 g/mol. The van der Waals surface area contributed by atoms with Gasteiger partial charge < -0.3 is 5.32 Å². The molecule has 0 amide bonds. The van der Waals surface area contributed by atoms with E-state index in [0.29, 0.717) is 0 Å². The van der Waals surface area contributed by atoms with Crippen molar-refractivity contribution in [1.29, 1.82) is 0 Å². The number of thiophene rings is 1. The van der Waals surface area contributed by atoms with Gasteiger partial charge in [-0.25, -0.2) is 0 Å². The number of nitrogens with one attached hydrogen (secondary N) is 1. The second-order valence-electron chi connectivity index (χ2n) is 4.64. The zero-order valence-electron chi connectivity index (χ0n) is 10.3. The molecule has 1 unspecified atom stereocenters. The van der Waals surface area contributed by atoms with E-state index in [1.807, 2.05) is 11.3 Å². The van der Waals surface area contributed by atoms with Gasteiger partial charge in [-0.3, -0.25) is 4.90 Å². The number of hydrogen-bond acceptors (Lipinski definition) is 3. The highest BCUT2D eigenvalue weighted by Gasteiger charge is 2.22. The highest BCUT2D eigenvalue weighted by molar-refractivity contribution is 7.10. The minimum Gasteiger partial charge on any atom is -0.315 e. The first-order chi connectivity index (χ1) is 7.81. The van der Waals surface area contributed by atoms with Crippen LogP contribution in [0.2, 0.25) is 0 Å². The van der Waals surface area contributed by atoms with Gasteiger partial charge in [-0.1, -0.05) is 6.92 Å². The number of nitrogens with zero attached hydrogens (tertiary/aromatic N) is 1. The third kappa shape index (κ3) is 2.84. The molecule has 16 heavy (non-hydrogen) atoms. The predicted molar refractivity (Wildman–Crippen MR) is 71.0 cm³/mol.